The molecule has 1 atom stereocenters. The molecule has 0 spiro atoms. The van der Waals surface area contributed by atoms with Crippen LogP contribution in [0.2, 0.25) is 0 Å². The van der Waals surface area contributed by atoms with E-state index in [1.807, 2.05) is 24.3 Å². The lowest BCUT2D eigenvalue weighted by atomic mass is 10.1. The van der Waals surface area contributed by atoms with Crippen molar-refractivity contribution in [1.29, 1.82) is 0 Å². The van der Waals surface area contributed by atoms with Crippen molar-refractivity contribution in [1.82, 2.24) is 10.2 Å². The van der Waals surface area contributed by atoms with Crippen LogP contribution in [-0.4, -0.2) is 50.5 Å². The minimum absolute atomic E-state index is 0.103. The Bertz CT molecular complexity index is 417. The normalized spacial score (nSPS) is 20.2. The average Bonchev–Trinajstić information content (AvgIpc) is 2.40. The van der Waals surface area contributed by atoms with Crippen LogP contribution in [0.4, 0.5) is 0 Å². The highest BCUT2D eigenvalue weighted by Crippen LogP contribution is 2.18. The largest absolute Gasteiger partial charge is 0.489 e. The number of hydrogen-bond acceptors (Lipinski definition) is 4. The van der Waals surface area contributed by atoms with Gasteiger partial charge < -0.3 is 15.0 Å². The van der Waals surface area contributed by atoms with E-state index in [1.54, 1.807) is 7.05 Å². The monoisotopic (exact) mass is 262 g/mol. The molecule has 1 aliphatic rings. The molecule has 1 aromatic carbocycles. The second-order valence-electron chi connectivity index (χ2n) is 5.12. The minimum Gasteiger partial charge on any atom is -0.489 e. The average molecular weight is 262 g/mol. The minimum atomic E-state index is 0.103. The first-order valence-corrected chi connectivity index (χ1v) is 6.82. The van der Waals surface area contributed by atoms with Gasteiger partial charge in [-0.1, -0.05) is 0 Å². The molecule has 19 heavy (non-hydrogen) atoms. The van der Waals surface area contributed by atoms with Crippen LogP contribution in [0.1, 0.15) is 23.2 Å². The van der Waals surface area contributed by atoms with Crippen molar-refractivity contribution in [2.45, 2.75) is 18.9 Å². The predicted molar refractivity (Wildman–Crippen MR) is 75.8 cm³/mol. The third kappa shape index (κ3) is 4.04. The van der Waals surface area contributed by atoms with Crippen LogP contribution in [0.15, 0.2) is 24.3 Å². The zero-order valence-corrected chi connectivity index (χ0v) is 11.7. The van der Waals surface area contributed by atoms with Crippen molar-refractivity contribution in [2.75, 3.05) is 33.7 Å². The number of carbonyl (C=O) groups is 1. The van der Waals surface area contributed by atoms with E-state index >= 15 is 0 Å². The van der Waals surface area contributed by atoms with Crippen molar-refractivity contribution in [2.24, 2.45) is 0 Å². The Morgan fingerprint density at radius 1 is 1.42 bits per heavy atom. The Kier molecular flexibility index (Phi) is 4.93. The van der Waals surface area contributed by atoms with Gasteiger partial charge in [-0.2, -0.15) is 0 Å². The fraction of sp³-hybridized carbons (Fsp3) is 0.533. The van der Waals surface area contributed by atoms with Crippen molar-refractivity contribution in [3.63, 3.8) is 0 Å². The fourth-order valence-electron chi connectivity index (χ4n) is 2.39. The van der Waals surface area contributed by atoms with Gasteiger partial charge in [-0.3, -0.25) is 4.79 Å². The summed E-state index contributed by atoms with van der Waals surface area (Å²) in [5.74, 6) is 0.952. The summed E-state index contributed by atoms with van der Waals surface area (Å²) >= 11 is 0. The number of carbonyl (C=O) groups excluding carboxylic acids is 1. The van der Waals surface area contributed by atoms with E-state index in [4.69, 9.17) is 4.74 Å². The molecule has 2 rings (SSSR count). The number of Topliss-reactive ketones (excluding diaryl/α,β-unsaturated/α-hetero) is 1. The van der Waals surface area contributed by atoms with Crippen molar-refractivity contribution in [3.8, 4) is 5.75 Å². The summed E-state index contributed by atoms with van der Waals surface area (Å²) in [6.45, 7) is 2.49. The zero-order chi connectivity index (χ0) is 13.7. The molecular formula is C15H22N2O2. The summed E-state index contributed by atoms with van der Waals surface area (Å²) in [7, 11) is 3.89. The van der Waals surface area contributed by atoms with Gasteiger partial charge in [0, 0.05) is 12.1 Å². The van der Waals surface area contributed by atoms with E-state index in [1.165, 1.54) is 6.42 Å². The molecule has 4 heteroatoms. The molecule has 1 aliphatic heterocycles. The molecule has 0 aliphatic carbocycles. The van der Waals surface area contributed by atoms with E-state index in [-0.39, 0.29) is 11.9 Å². The lowest BCUT2D eigenvalue weighted by Gasteiger charge is -2.30. The molecule has 0 bridgehead atoms. The smallest absolute Gasteiger partial charge is 0.176 e. The number of likely N-dealkylation sites (tertiary alicyclic amines) is 1. The molecule has 1 unspecified atom stereocenters. The van der Waals surface area contributed by atoms with E-state index in [2.05, 4.69) is 17.3 Å². The molecule has 0 amide bonds. The maximum Gasteiger partial charge on any atom is 0.176 e. The van der Waals surface area contributed by atoms with Gasteiger partial charge in [0.2, 0.25) is 0 Å². The first kappa shape index (κ1) is 14.0. The van der Waals surface area contributed by atoms with Crippen LogP contribution in [0.3, 0.4) is 0 Å². The standard InChI is InChI=1S/C15H22N2O2/c1-16-10-15(18)12-5-7-13(8-6-12)19-14-4-3-9-17(2)11-14/h5-8,14,16H,3-4,9-11H2,1-2H3. The van der Waals surface area contributed by atoms with E-state index in [0.29, 0.717) is 6.54 Å². The van der Waals surface area contributed by atoms with E-state index in [9.17, 15) is 4.79 Å². The Morgan fingerprint density at radius 2 is 2.16 bits per heavy atom. The highest BCUT2D eigenvalue weighted by molar-refractivity contribution is 5.97. The Labute approximate surface area is 114 Å². The first-order chi connectivity index (χ1) is 9.19. The Balaban J connectivity index is 1.93. The van der Waals surface area contributed by atoms with Crippen molar-refractivity contribution >= 4 is 5.78 Å². The van der Waals surface area contributed by atoms with Crippen LogP contribution in [0, 0.1) is 0 Å². The molecule has 1 heterocycles. The highest BCUT2D eigenvalue weighted by atomic mass is 16.5. The molecule has 1 N–H and O–H groups in total. The summed E-state index contributed by atoms with van der Waals surface area (Å²) in [6.07, 6.45) is 2.54. The first-order valence-electron chi connectivity index (χ1n) is 6.82. The SMILES string of the molecule is CNCC(=O)c1ccc(OC2CCCN(C)C2)cc1. The fourth-order valence-corrected chi connectivity index (χ4v) is 2.39. The Morgan fingerprint density at radius 3 is 2.79 bits per heavy atom. The highest BCUT2D eigenvalue weighted by Gasteiger charge is 2.18. The van der Waals surface area contributed by atoms with Crippen LogP contribution >= 0.6 is 0 Å². The molecular weight excluding hydrogens is 240 g/mol. The second-order valence-corrected chi connectivity index (χ2v) is 5.12. The van der Waals surface area contributed by atoms with Gasteiger partial charge in [0.25, 0.3) is 0 Å². The summed E-state index contributed by atoms with van der Waals surface area (Å²) < 4.78 is 5.95. The molecule has 1 saturated heterocycles. The molecule has 1 fully saturated rings. The van der Waals surface area contributed by atoms with Gasteiger partial charge in [-0.05, 0) is 57.7 Å². The third-order valence-electron chi connectivity index (χ3n) is 3.40. The summed E-state index contributed by atoms with van der Waals surface area (Å²) in [6, 6.07) is 7.44. The number of piperidine rings is 1. The number of hydrogen-bond donors (Lipinski definition) is 1. The number of nitrogens with zero attached hydrogens (tertiary/aromatic N) is 1. The van der Waals surface area contributed by atoms with E-state index < -0.39 is 0 Å². The van der Waals surface area contributed by atoms with Gasteiger partial charge in [0.15, 0.2) is 5.78 Å². The summed E-state index contributed by atoms with van der Waals surface area (Å²) in [4.78, 5) is 14.0. The van der Waals surface area contributed by atoms with E-state index in [0.717, 1.165) is 30.8 Å². The number of nitrogens with one attached hydrogen (secondary N) is 1. The third-order valence-corrected chi connectivity index (χ3v) is 3.40. The summed E-state index contributed by atoms with van der Waals surface area (Å²) in [5, 5.41) is 2.86. The van der Waals surface area contributed by atoms with Gasteiger partial charge in [0.1, 0.15) is 11.9 Å². The number of benzene rings is 1. The lowest BCUT2D eigenvalue weighted by Crippen LogP contribution is -2.38. The van der Waals surface area contributed by atoms with Gasteiger partial charge in [-0.25, -0.2) is 0 Å². The van der Waals surface area contributed by atoms with Crippen LogP contribution in [0.25, 0.3) is 0 Å². The predicted octanol–water partition coefficient (Wildman–Crippen LogP) is 1.56. The Hall–Kier alpha value is -1.39. The van der Waals surface area contributed by atoms with Crippen LogP contribution in [0.5, 0.6) is 5.75 Å². The molecule has 104 valence electrons. The van der Waals surface area contributed by atoms with Gasteiger partial charge >= 0.3 is 0 Å². The number of likely N-dealkylation sites (N-methyl/N-ethyl adjacent to an activating group) is 2. The molecule has 0 saturated carbocycles. The number of rotatable bonds is 5. The quantitative estimate of drug-likeness (QED) is 0.818. The maximum absolute atomic E-state index is 11.7. The molecule has 4 nitrogen and oxygen atoms in total. The van der Waals surface area contributed by atoms with Crippen molar-refractivity contribution in [3.05, 3.63) is 29.8 Å². The topological polar surface area (TPSA) is 41.6 Å². The van der Waals surface area contributed by atoms with Crippen LogP contribution < -0.4 is 10.1 Å². The van der Waals surface area contributed by atoms with Gasteiger partial charge in [-0.15, -0.1) is 0 Å². The lowest BCUT2D eigenvalue weighted by molar-refractivity contribution is 0.0992. The van der Waals surface area contributed by atoms with Crippen LogP contribution in [-0.2, 0) is 0 Å². The second kappa shape index (κ2) is 6.68. The van der Waals surface area contributed by atoms with Gasteiger partial charge in [0.05, 0.1) is 6.54 Å². The number of ketones is 1. The molecule has 0 aromatic heterocycles. The maximum atomic E-state index is 11.7. The molecule has 0 radical (unpaired) electrons. The summed E-state index contributed by atoms with van der Waals surface area (Å²) in [5.41, 5.74) is 0.725. The zero-order valence-electron chi connectivity index (χ0n) is 11.7. The molecule has 1 aromatic rings. The number of ether oxygens (including phenoxy) is 1. The van der Waals surface area contributed by atoms with Crippen molar-refractivity contribution < 1.29 is 9.53 Å².